The molecule has 2 amide bonds. The second-order valence-electron chi connectivity index (χ2n) is 5.70. The monoisotopic (exact) mass is 305 g/mol. The number of carbonyl (C=O) groups is 2. The highest BCUT2D eigenvalue weighted by molar-refractivity contribution is 6.13. The molecule has 0 bridgehead atoms. The second kappa shape index (κ2) is 5.39. The zero-order valence-electron chi connectivity index (χ0n) is 12.4. The normalized spacial score (nSPS) is 22.5. The number of rotatable bonds is 3. The van der Waals surface area contributed by atoms with Crippen LogP contribution in [0.4, 0.5) is 0 Å². The van der Waals surface area contributed by atoms with Crippen LogP contribution in [0.3, 0.4) is 0 Å². The van der Waals surface area contributed by atoms with Gasteiger partial charge in [-0.2, -0.15) is 0 Å². The zero-order valence-corrected chi connectivity index (χ0v) is 12.4. The predicted octanol–water partition coefficient (Wildman–Crippen LogP) is 2.66. The first-order valence-electron chi connectivity index (χ1n) is 7.59. The Balaban J connectivity index is 1.71. The third-order valence-electron chi connectivity index (χ3n) is 4.30. The van der Waals surface area contributed by atoms with Crippen LogP contribution >= 0.6 is 0 Å². The van der Waals surface area contributed by atoms with Gasteiger partial charge in [0.1, 0.15) is 17.9 Å². The van der Waals surface area contributed by atoms with Gasteiger partial charge in [-0.15, -0.1) is 0 Å². The Morgan fingerprint density at radius 2 is 1.52 bits per heavy atom. The Kier molecular flexibility index (Phi) is 3.23. The molecule has 0 radical (unpaired) electrons. The fraction of sp³-hybridized carbons (Fsp3) is 0.158. The zero-order chi connectivity index (χ0) is 15.8. The van der Waals surface area contributed by atoms with Gasteiger partial charge in [0.2, 0.25) is 0 Å². The number of amides is 2. The van der Waals surface area contributed by atoms with Crippen molar-refractivity contribution >= 4 is 11.8 Å². The van der Waals surface area contributed by atoms with Gasteiger partial charge in [-0.1, -0.05) is 42.5 Å². The molecule has 0 aromatic heterocycles. The molecule has 1 aliphatic heterocycles. The van der Waals surface area contributed by atoms with Gasteiger partial charge in [-0.25, -0.2) is 0 Å². The minimum Gasteiger partial charge on any atom is -0.488 e. The Labute approximate surface area is 134 Å². The number of nitrogens with zero attached hydrogens (tertiary/aromatic N) is 1. The van der Waals surface area contributed by atoms with Gasteiger partial charge in [0.05, 0.1) is 0 Å². The molecule has 4 nitrogen and oxygen atoms in total. The average Bonchev–Trinajstić information content (AvgIpc) is 3.08. The fourth-order valence-corrected chi connectivity index (χ4v) is 3.31. The van der Waals surface area contributed by atoms with Gasteiger partial charge < -0.3 is 4.74 Å². The molecule has 2 atom stereocenters. The van der Waals surface area contributed by atoms with Crippen LogP contribution in [0.2, 0.25) is 0 Å². The number of hydrogen-bond donors (Lipinski definition) is 0. The van der Waals surface area contributed by atoms with Crippen molar-refractivity contribution in [2.75, 3.05) is 0 Å². The summed E-state index contributed by atoms with van der Waals surface area (Å²) in [6.45, 7) is 0. The van der Waals surface area contributed by atoms with Crippen LogP contribution in [0, 0.1) is 0 Å². The first-order valence-corrected chi connectivity index (χ1v) is 7.59. The van der Waals surface area contributed by atoms with Crippen molar-refractivity contribution in [3.63, 3.8) is 0 Å². The summed E-state index contributed by atoms with van der Waals surface area (Å²) in [5, 5.41) is 0. The summed E-state index contributed by atoms with van der Waals surface area (Å²) in [5.74, 6) is 0.180. The molecule has 0 fully saturated rings. The van der Waals surface area contributed by atoms with E-state index >= 15 is 0 Å². The van der Waals surface area contributed by atoms with Crippen LogP contribution < -0.4 is 4.74 Å². The molecule has 4 heteroatoms. The first kappa shape index (κ1) is 13.8. The summed E-state index contributed by atoms with van der Waals surface area (Å²) in [6.07, 6.45) is 3.04. The Morgan fingerprint density at radius 3 is 2.26 bits per heavy atom. The van der Waals surface area contributed by atoms with E-state index in [1.54, 1.807) is 0 Å². The van der Waals surface area contributed by atoms with Crippen molar-refractivity contribution < 1.29 is 14.3 Å². The topological polar surface area (TPSA) is 46.6 Å². The van der Waals surface area contributed by atoms with Crippen LogP contribution in [0.1, 0.15) is 17.2 Å². The maximum Gasteiger partial charge on any atom is 0.254 e. The molecular weight excluding hydrogens is 290 g/mol. The molecule has 0 spiro atoms. The third-order valence-corrected chi connectivity index (χ3v) is 4.30. The van der Waals surface area contributed by atoms with E-state index in [9.17, 15) is 9.59 Å². The van der Waals surface area contributed by atoms with Crippen LogP contribution in [0.5, 0.6) is 5.75 Å². The molecule has 23 heavy (non-hydrogen) atoms. The third kappa shape index (κ3) is 2.32. The van der Waals surface area contributed by atoms with Crippen molar-refractivity contribution in [1.29, 1.82) is 0 Å². The van der Waals surface area contributed by atoms with Gasteiger partial charge in [-0.3, -0.25) is 14.5 Å². The molecule has 0 unspecified atom stereocenters. The average molecular weight is 305 g/mol. The predicted molar refractivity (Wildman–Crippen MR) is 84.7 cm³/mol. The molecular formula is C19H15NO3. The molecule has 1 heterocycles. The molecule has 2 aliphatic rings. The quantitative estimate of drug-likeness (QED) is 0.819. The lowest BCUT2D eigenvalue weighted by molar-refractivity contribution is -0.141. The van der Waals surface area contributed by atoms with Crippen molar-refractivity contribution in [2.24, 2.45) is 0 Å². The summed E-state index contributed by atoms with van der Waals surface area (Å²) < 4.78 is 6.11. The van der Waals surface area contributed by atoms with Gasteiger partial charge in [0.25, 0.3) is 11.8 Å². The molecule has 0 saturated carbocycles. The summed E-state index contributed by atoms with van der Waals surface area (Å²) in [6, 6.07) is 17.0. The Hall–Kier alpha value is -2.88. The van der Waals surface area contributed by atoms with Crippen LogP contribution in [0.25, 0.3) is 0 Å². The summed E-state index contributed by atoms with van der Waals surface area (Å²) in [4.78, 5) is 25.6. The maximum absolute atomic E-state index is 12.1. The smallest absolute Gasteiger partial charge is 0.254 e. The number of benzene rings is 2. The van der Waals surface area contributed by atoms with Gasteiger partial charge >= 0.3 is 0 Å². The van der Waals surface area contributed by atoms with E-state index in [1.807, 2.05) is 54.6 Å². The van der Waals surface area contributed by atoms with E-state index in [0.717, 1.165) is 16.9 Å². The van der Waals surface area contributed by atoms with E-state index < -0.39 is 0 Å². The molecule has 4 rings (SSSR count). The molecule has 2 aromatic carbocycles. The first-order chi connectivity index (χ1) is 11.2. The number of fused-ring (bicyclic) bond motifs is 1. The lowest BCUT2D eigenvalue weighted by Gasteiger charge is -2.29. The van der Waals surface area contributed by atoms with E-state index in [2.05, 4.69) is 0 Å². The van der Waals surface area contributed by atoms with Gasteiger partial charge in [0, 0.05) is 18.6 Å². The minimum absolute atomic E-state index is 0.275. The van der Waals surface area contributed by atoms with Gasteiger partial charge in [0.15, 0.2) is 0 Å². The highest BCUT2D eigenvalue weighted by Crippen LogP contribution is 2.39. The highest BCUT2D eigenvalue weighted by atomic mass is 16.5. The Morgan fingerprint density at radius 1 is 0.870 bits per heavy atom. The van der Waals surface area contributed by atoms with Crippen molar-refractivity contribution in [3.05, 3.63) is 77.9 Å². The van der Waals surface area contributed by atoms with Crippen molar-refractivity contribution in [3.8, 4) is 5.75 Å². The Bertz CT molecular complexity index is 779. The summed E-state index contributed by atoms with van der Waals surface area (Å²) >= 11 is 0. The van der Waals surface area contributed by atoms with E-state index in [0.29, 0.717) is 6.42 Å². The summed E-state index contributed by atoms with van der Waals surface area (Å²) in [7, 11) is 0. The lowest BCUT2D eigenvalue weighted by atomic mass is 10.1. The van der Waals surface area contributed by atoms with Crippen LogP contribution in [-0.2, 0) is 16.0 Å². The number of hydrogen-bond acceptors (Lipinski definition) is 3. The van der Waals surface area contributed by atoms with E-state index in [1.165, 1.54) is 17.1 Å². The molecule has 0 saturated heterocycles. The standard InChI is InChI=1S/C19H15NO3/c21-17-10-11-18(22)20(17)19-15-9-5-4-6-13(15)12-16(19)23-14-7-2-1-3-8-14/h1-11,16,19H,12H2/t16-,19-/m0/s1. The van der Waals surface area contributed by atoms with Gasteiger partial charge in [-0.05, 0) is 23.3 Å². The van der Waals surface area contributed by atoms with Crippen LogP contribution in [-0.4, -0.2) is 22.8 Å². The van der Waals surface area contributed by atoms with E-state index in [-0.39, 0.29) is 24.0 Å². The number of imide groups is 1. The SMILES string of the molecule is O=C1C=CC(=O)N1[C@H]1c2ccccc2C[C@@H]1Oc1ccccc1. The highest BCUT2D eigenvalue weighted by Gasteiger charge is 2.43. The summed E-state index contributed by atoms with van der Waals surface area (Å²) in [5.41, 5.74) is 2.10. The number of carbonyl (C=O) groups excluding carboxylic acids is 2. The second-order valence-corrected chi connectivity index (χ2v) is 5.70. The molecule has 1 aliphatic carbocycles. The lowest BCUT2D eigenvalue weighted by Crippen LogP contribution is -2.40. The molecule has 2 aromatic rings. The molecule has 114 valence electrons. The number of ether oxygens (including phenoxy) is 1. The van der Waals surface area contributed by atoms with Crippen molar-refractivity contribution in [1.82, 2.24) is 4.90 Å². The maximum atomic E-state index is 12.1. The molecule has 0 N–H and O–H groups in total. The van der Waals surface area contributed by atoms with Crippen LogP contribution in [0.15, 0.2) is 66.7 Å². The van der Waals surface area contributed by atoms with Crippen molar-refractivity contribution in [2.45, 2.75) is 18.6 Å². The minimum atomic E-state index is -0.388. The largest absolute Gasteiger partial charge is 0.488 e. The number of para-hydroxylation sites is 1. The van der Waals surface area contributed by atoms with E-state index in [4.69, 9.17) is 4.74 Å². The fourth-order valence-electron chi connectivity index (χ4n) is 3.31.